The molecule has 2 fully saturated rings. The number of piperidine rings is 1. The van der Waals surface area contributed by atoms with Crippen molar-refractivity contribution in [3.63, 3.8) is 0 Å². The summed E-state index contributed by atoms with van der Waals surface area (Å²) in [6.07, 6.45) is 2.48. The minimum Gasteiger partial charge on any atom is -0.342 e. The fraction of sp³-hybridized carbons (Fsp3) is 0.391. The topological polar surface area (TPSA) is 91.4 Å². The van der Waals surface area contributed by atoms with Crippen LogP contribution in [0, 0.1) is 6.92 Å². The maximum atomic E-state index is 12.7. The number of hydrogen-bond acceptors (Lipinski definition) is 4. The second-order valence-electron chi connectivity index (χ2n) is 8.02. The van der Waals surface area contributed by atoms with E-state index in [2.05, 4.69) is 34.9 Å². The number of amides is 4. The summed E-state index contributed by atoms with van der Waals surface area (Å²) in [6.45, 7) is 3.35. The highest BCUT2D eigenvalue weighted by molar-refractivity contribution is 6.04. The highest BCUT2D eigenvalue weighted by Gasteiger charge is 2.31. The van der Waals surface area contributed by atoms with Gasteiger partial charge in [-0.25, -0.2) is 4.79 Å². The number of aromatic nitrogens is 1. The normalized spacial score (nSPS) is 21.3. The van der Waals surface area contributed by atoms with Crippen LogP contribution in [0.25, 0.3) is 11.1 Å². The Labute approximate surface area is 175 Å². The molecule has 4 rings (SSSR count). The molecule has 2 atom stereocenters. The Kier molecular flexibility index (Phi) is 5.79. The van der Waals surface area contributed by atoms with E-state index in [1.807, 2.05) is 30.0 Å². The standard InChI is InChI=1S/C23H26N4O3/c1-15-12-18(16-6-3-2-4-7-16)13-20(24-15)17-8-5-11-27(14-17)21(28)10-9-19-22(29)26-23(30)25-19/h2-4,6-7,12-13,17,19H,5,8-11,14H2,1H3,(H2,25,26,29,30)/t17-,19+/m1/s1. The predicted molar refractivity (Wildman–Crippen MR) is 113 cm³/mol. The first-order valence-corrected chi connectivity index (χ1v) is 10.4. The van der Waals surface area contributed by atoms with Crippen LogP contribution in [-0.2, 0) is 9.59 Å². The number of carbonyl (C=O) groups excluding carboxylic acids is 3. The molecule has 4 amide bonds. The number of urea groups is 1. The van der Waals surface area contributed by atoms with Crippen LogP contribution in [0.5, 0.6) is 0 Å². The molecule has 2 saturated heterocycles. The van der Waals surface area contributed by atoms with Crippen molar-refractivity contribution in [1.29, 1.82) is 0 Å². The summed E-state index contributed by atoms with van der Waals surface area (Å²) < 4.78 is 0. The summed E-state index contributed by atoms with van der Waals surface area (Å²) in [4.78, 5) is 42.3. The number of pyridine rings is 1. The molecule has 1 aromatic heterocycles. The van der Waals surface area contributed by atoms with Gasteiger partial charge in [0.15, 0.2) is 0 Å². The highest BCUT2D eigenvalue weighted by atomic mass is 16.2. The van der Waals surface area contributed by atoms with Crippen molar-refractivity contribution in [1.82, 2.24) is 20.5 Å². The summed E-state index contributed by atoms with van der Waals surface area (Å²) in [5, 5.41) is 4.74. The Hall–Kier alpha value is -3.22. The van der Waals surface area contributed by atoms with Gasteiger partial charge in [-0.15, -0.1) is 0 Å². The van der Waals surface area contributed by atoms with E-state index < -0.39 is 12.1 Å². The lowest BCUT2D eigenvalue weighted by Crippen LogP contribution is -2.40. The zero-order valence-electron chi connectivity index (χ0n) is 17.1. The van der Waals surface area contributed by atoms with E-state index >= 15 is 0 Å². The zero-order valence-corrected chi connectivity index (χ0v) is 17.1. The molecule has 2 aliphatic heterocycles. The number of nitrogens with zero attached hydrogens (tertiary/aromatic N) is 2. The van der Waals surface area contributed by atoms with Gasteiger partial charge in [0.2, 0.25) is 5.91 Å². The lowest BCUT2D eigenvalue weighted by atomic mass is 9.92. The van der Waals surface area contributed by atoms with Gasteiger partial charge in [-0.05, 0) is 49.4 Å². The molecular formula is C23H26N4O3. The SMILES string of the molecule is Cc1cc(-c2ccccc2)cc([C@@H]2CCCN(C(=O)CC[C@@H]3NC(=O)NC3=O)C2)n1. The van der Waals surface area contributed by atoms with Crippen LogP contribution < -0.4 is 10.6 Å². The molecule has 0 radical (unpaired) electrons. The number of carbonyl (C=O) groups is 3. The second-order valence-corrected chi connectivity index (χ2v) is 8.02. The first kappa shape index (κ1) is 20.1. The molecule has 30 heavy (non-hydrogen) atoms. The molecule has 2 aromatic rings. The van der Waals surface area contributed by atoms with Crippen molar-refractivity contribution in [3.05, 3.63) is 53.9 Å². The van der Waals surface area contributed by atoms with E-state index in [0.717, 1.165) is 41.9 Å². The maximum Gasteiger partial charge on any atom is 0.322 e. The first-order valence-electron chi connectivity index (χ1n) is 10.4. The molecule has 0 spiro atoms. The Bertz CT molecular complexity index is 960. The molecule has 0 bridgehead atoms. The van der Waals surface area contributed by atoms with Crippen molar-refractivity contribution in [2.24, 2.45) is 0 Å². The van der Waals surface area contributed by atoms with Crippen molar-refractivity contribution in [2.45, 2.75) is 44.6 Å². The third-order valence-electron chi connectivity index (χ3n) is 5.78. The van der Waals surface area contributed by atoms with Crippen molar-refractivity contribution in [2.75, 3.05) is 13.1 Å². The van der Waals surface area contributed by atoms with E-state index in [0.29, 0.717) is 13.0 Å². The molecule has 7 nitrogen and oxygen atoms in total. The van der Waals surface area contributed by atoms with Gasteiger partial charge in [-0.1, -0.05) is 30.3 Å². The summed E-state index contributed by atoms with van der Waals surface area (Å²) in [6, 6.07) is 13.4. The van der Waals surface area contributed by atoms with Gasteiger partial charge in [0.05, 0.1) is 0 Å². The quantitative estimate of drug-likeness (QED) is 0.747. The molecule has 156 valence electrons. The minimum atomic E-state index is -0.617. The number of nitrogens with one attached hydrogen (secondary N) is 2. The third-order valence-corrected chi connectivity index (χ3v) is 5.78. The van der Waals surface area contributed by atoms with Crippen molar-refractivity contribution in [3.8, 4) is 11.1 Å². The molecular weight excluding hydrogens is 380 g/mol. The molecule has 0 saturated carbocycles. The predicted octanol–water partition coefficient (Wildman–Crippen LogP) is 2.75. The van der Waals surface area contributed by atoms with E-state index in [1.54, 1.807) is 0 Å². The maximum absolute atomic E-state index is 12.7. The van der Waals surface area contributed by atoms with E-state index in [1.165, 1.54) is 0 Å². The number of hydrogen-bond donors (Lipinski definition) is 2. The van der Waals surface area contributed by atoms with E-state index in [4.69, 9.17) is 4.98 Å². The van der Waals surface area contributed by atoms with Gasteiger partial charge >= 0.3 is 6.03 Å². The summed E-state index contributed by atoms with van der Waals surface area (Å²) in [7, 11) is 0. The number of aryl methyl sites for hydroxylation is 1. The molecule has 2 aliphatic rings. The van der Waals surface area contributed by atoms with Crippen molar-refractivity contribution < 1.29 is 14.4 Å². The summed E-state index contributed by atoms with van der Waals surface area (Å²) in [5.41, 5.74) is 4.29. The van der Waals surface area contributed by atoms with E-state index in [9.17, 15) is 14.4 Å². The van der Waals surface area contributed by atoms with Crippen LogP contribution >= 0.6 is 0 Å². The lowest BCUT2D eigenvalue weighted by molar-refractivity contribution is -0.132. The van der Waals surface area contributed by atoms with Gasteiger partial charge in [-0.2, -0.15) is 0 Å². The summed E-state index contributed by atoms with van der Waals surface area (Å²) >= 11 is 0. The summed E-state index contributed by atoms with van der Waals surface area (Å²) in [5.74, 6) is -0.147. The number of likely N-dealkylation sites (tertiary alicyclic amines) is 1. The highest BCUT2D eigenvalue weighted by Crippen LogP contribution is 2.30. The number of rotatable bonds is 5. The second kappa shape index (κ2) is 8.65. The first-order chi connectivity index (χ1) is 14.5. The van der Waals surface area contributed by atoms with Crippen molar-refractivity contribution >= 4 is 17.8 Å². The molecule has 1 aromatic carbocycles. The van der Waals surface area contributed by atoms with Crippen LogP contribution in [0.2, 0.25) is 0 Å². The Morgan fingerprint density at radius 2 is 1.97 bits per heavy atom. The van der Waals surface area contributed by atoms with Gasteiger partial charge in [-0.3, -0.25) is 19.9 Å². The smallest absolute Gasteiger partial charge is 0.322 e. The minimum absolute atomic E-state index is 0.0181. The molecule has 0 unspecified atom stereocenters. The van der Waals surface area contributed by atoms with Crippen LogP contribution in [0.1, 0.15) is 43.0 Å². The third kappa shape index (κ3) is 4.50. The largest absolute Gasteiger partial charge is 0.342 e. The zero-order chi connectivity index (χ0) is 21.1. The van der Waals surface area contributed by atoms with Crippen LogP contribution in [0.3, 0.4) is 0 Å². The Morgan fingerprint density at radius 1 is 1.17 bits per heavy atom. The van der Waals surface area contributed by atoms with Gasteiger partial charge in [0.1, 0.15) is 6.04 Å². The Morgan fingerprint density at radius 3 is 2.70 bits per heavy atom. The molecule has 3 heterocycles. The molecule has 2 N–H and O–H groups in total. The fourth-order valence-corrected chi connectivity index (χ4v) is 4.23. The van der Waals surface area contributed by atoms with Gasteiger partial charge < -0.3 is 10.2 Å². The average molecular weight is 406 g/mol. The molecule has 7 heteroatoms. The van der Waals surface area contributed by atoms with E-state index in [-0.39, 0.29) is 24.2 Å². The number of imide groups is 1. The molecule has 0 aliphatic carbocycles. The van der Waals surface area contributed by atoms with Crippen LogP contribution in [0.15, 0.2) is 42.5 Å². The fourth-order valence-electron chi connectivity index (χ4n) is 4.23. The Balaban J connectivity index is 1.42. The monoisotopic (exact) mass is 406 g/mol. The average Bonchev–Trinajstić information content (AvgIpc) is 3.09. The van der Waals surface area contributed by atoms with Gasteiger partial charge in [0.25, 0.3) is 5.91 Å². The van der Waals surface area contributed by atoms with Gasteiger partial charge in [0, 0.05) is 36.8 Å². The number of benzene rings is 1. The van der Waals surface area contributed by atoms with Crippen LogP contribution in [-0.4, -0.2) is 46.9 Å². The lowest BCUT2D eigenvalue weighted by Gasteiger charge is -2.33. The van der Waals surface area contributed by atoms with Crippen LogP contribution in [0.4, 0.5) is 4.79 Å².